The molecule has 2 nitrogen and oxygen atoms in total. The molecule has 0 aromatic heterocycles. The highest BCUT2D eigenvalue weighted by Crippen LogP contribution is 2.14. The Kier molecular flexibility index (Phi) is 3.93. The van der Waals surface area contributed by atoms with Crippen LogP contribution in [0.15, 0.2) is 18.2 Å². The van der Waals surface area contributed by atoms with E-state index in [0.29, 0.717) is 12.8 Å². The summed E-state index contributed by atoms with van der Waals surface area (Å²) in [4.78, 5) is 0. The smallest absolute Gasteiger partial charge is 0.0471 e. The minimum atomic E-state index is 0.184. The van der Waals surface area contributed by atoms with Gasteiger partial charge in [0.25, 0.3) is 0 Å². The quantitative estimate of drug-likeness (QED) is 0.727. The first-order valence-electron chi connectivity index (χ1n) is 4.58. The Morgan fingerprint density at radius 2 is 1.46 bits per heavy atom. The molecule has 72 valence electrons. The largest absolute Gasteiger partial charge is 0.396 e. The van der Waals surface area contributed by atoms with Gasteiger partial charge in [-0.05, 0) is 36.5 Å². The van der Waals surface area contributed by atoms with E-state index in [9.17, 15) is 0 Å². The Morgan fingerprint density at radius 3 is 1.85 bits per heavy atom. The highest BCUT2D eigenvalue weighted by Gasteiger charge is 2.02. The van der Waals surface area contributed by atoms with E-state index in [0.717, 1.165) is 0 Å². The van der Waals surface area contributed by atoms with Gasteiger partial charge in [0.05, 0.1) is 0 Å². The molecule has 2 N–H and O–H groups in total. The molecule has 0 aliphatic carbocycles. The van der Waals surface area contributed by atoms with Crippen LogP contribution in [0.5, 0.6) is 0 Å². The number of hydrogen-bond acceptors (Lipinski definition) is 2. The summed E-state index contributed by atoms with van der Waals surface area (Å²) in [7, 11) is 0. The number of rotatable bonds is 4. The molecule has 0 bridgehead atoms. The highest BCUT2D eigenvalue weighted by atomic mass is 16.3. The van der Waals surface area contributed by atoms with Crippen LogP contribution in [0.3, 0.4) is 0 Å². The van der Waals surface area contributed by atoms with E-state index in [1.54, 1.807) is 0 Å². The Bertz CT molecular complexity index is 245. The average Bonchev–Trinajstić information content (AvgIpc) is 2.13. The van der Waals surface area contributed by atoms with Crippen molar-refractivity contribution in [2.24, 2.45) is 0 Å². The van der Waals surface area contributed by atoms with Crippen LogP contribution in [0.4, 0.5) is 0 Å². The van der Waals surface area contributed by atoms with E-state index in [2.05, 4.69) is 0 Å². The lowest BCUT2D eigenvalue weighted by atomic mass is 9.99. The normalized spacial score (nSPS) is 10.4. The fraction of sp³-hybridized carbons (Fsp3) is 0.455. The fourth-order valence-electron chi connectivity index (χ4n) is 1.52. The molecular formula is C11H16O2. The van der Waals surface area contributed by atoms with E-state index >= 15 is 0 Å². The summed E-state index contributed by atoms with van der Waals surface area (Å²) in [5, 5.41) is 17.6. The molecule has 0 saturated heterocycles. The van der Waals surface area contributed by atoms with Gasteiger partial charge in [0.15, 0.2) is 0 Å². The summed E-state index contributed by atoms with van der Waals surface area (Å²) in [6.45, 7) is 2.41. The summed E-state index contributed by atoms with van der Waals surface area (Å²) in [6, 6.07) is 6.02. The lowest BCUT2D eigenvalue weighted by Crippen LogP contribution is -2.00. The third-order valence-corrected chi connectivity index (χ3v) is 2.32. The lowest BCUT2D eigenvalue weighted by molar-refractivity contribution is 0.297. The summed E-state index contributed by atoms with van der Waals surface area (Å²) >= 11 is 0. The van der Waals surface area contributed by atoms with Gasteiger partial charge in [0.1, 0.15) is 0 Å². The summed E-state index contributed by atoms with van der Waals surface area (Å²) in [5.41, 5.74) is 3.55. The summed E-state index contributed by atoms with van der Waals surface area (Å²) < 4.78 is 0. The van der Waals surface area contributed by atoms with Crippen LogP contribution in [0.25, 0.3) is 0 Å². The van der Waals surface area contributed by atoms with Crippen LogP contribution in [-0.4, -0.2) is 23.4 Å². The fourth-order valence-corrected chi connectivity index (χ4v) is 1.52. The first kappa shape index (κ1) is 10.2. The minimum absolute atomic E-state index is 0.184. The number of aliphatic hydroxyl groups excluding tert-OH is 2. The Labute approximate surface area is 78.8 Å². The van der Waals surface area contributed by atoms with Gasteiger partial charge in [0, 0.05) is 13.2 Å². The van der Waals surface area contributed by atoms with Crippen molar-refractivity contribution in [2.45, 2.75) is 19.8 Å². The standard InChI is InChI=1S/C11H16O2/c1-9-10(5-7-12)3-2-4-11(9)6-8-13/h2-4,12-13H,5-8H2,1H3. The molecule has 0 fully saturated rings. The average molecular weight is 180 g/mol. The van der Waals surface area contributed by atoms with Crippen molar-refractivity contribution in [3.63, 3.8) is 0 Å². The van der Waals surface area contributed by atoms with E-state index < -0.39 is 0 Å². The predicted octanol–water partition coefficient (Wildman–Crippen LogP) is 1.06. The van der Waals surface area contributed by atoms with Crippen LogP contribution in [0.2, 0.25) is 0 Å². The molecule has 13 heavy (non-hydrogen) atoms. The zero-order valence-electron chi connectivity index (χ0n) is 7.95. The molecule has 0 aliphatic heterocycles. The van der Waals surface area contributed by atoms with Gasteiger partial charge in [0.2, 0.25) is 0 Å². The maximum Gasteiger partial charge on any atom is 0.0471 e. The zero-order valence-corrected chi connectivity index (χ0v) is 7.95. The summed E-state index contributed by atoms with van der Waals surface area (Å²) in [5.74, 6) is 0. The molecule has 0 atom stereocenters. The van der Waals surface area contributed by atoms with Gasteiger partial charge < -0.3 is 10.2 Å². The molecule has 0 spiro atoms. The van der Waals surface area contributed by atoms with E-state index in [-0.39, 0.29) is 13.2 Å². The zero-order chi connectivity index (χ0) is 9.68. The Balaban J connectivity index is 2.89. The SMILES string of the molecule is Cc1c(CCO)cccc1CCO. The second kappa shape index (κ2) is 5.00. The van der Waals surface area contributed by atoms with Gasteiger partial charge in [-0.25, -0.2) is 0 Å². The van der Waals surface area contributed by atoms with Crippen LogP contribution in [0.1, 0.15) is 16.7 Å². The number of benzene rings is 1. The molecule has 0 radical (unpaired) electrons. The predicted molar refractivity (Wildman–Crippen MR) is 52.8 cm³/mol. The molecule has 1 aromatic carbocycles. The monoisotopic (exact) mass is 180 g/mol. The molecule has 2 heteroatoms. The Morgan fingerprint density at radius 1 is 1.00 bits per heavy atom. The van der Waals surface area contributed by atoms with Crippen molar-refractivity contribution in [1.82, 2.24) is 0 Å². The maximum atomic E-state index is 8.82. The lowest BCUT2D eigenvalue weighted by Gasteiger charge is -2.08. The molecular weight excluding hydrogens is 164 g/mol. The van der Waals surface area contributed by atoms with Crippen molar-refractivity contribution < 1.29 is 10.2 Å². The number of hydrogen-bond donors (Lipinski definition) is 2. The first-order valence-corrected chi connectivity index (χ1v) is 4.58. The van der Waals surface area contributed by atoms with Crippen molar-refractivity contribution in [1.29, 1.82) is 0 Å². The van der Waals surface area contributed by atoms with Crippen molar-refractivity contribution >= 4 is 0 Å². The van der Waals surface area contributed by atoms with E-state index in [1.165, 1.54) is 16.7 Å². The van der Waals surface area contributed by atoms with Gasteiger partial charge in [-0.3, -0.25) is 0 Å². The molecule has 0 amide bonds. The molecule has 1 aromatic rings. The van der Waals surface area contributed by atoms with Gasteiger partial charge in [-0.2, -0.15) is 0 Å². The van der Waals surface area contributed by atoms with Gasteiger partial charge in [-0.15, -0.1) is 0 Å². The van der Waals surface area contributed by atoms with E-state index in [4.69, 9.17) is 10.2 Å². The summed E-state index contributed by atoms with van der Waals surface area (Å²) in [6.07, 6.45) is 1.40. The molecule has 0 aliphatic rings. The first-order chi connectivity index (χ1) is 6.29. The molecule has 1 rings (SSSR count). The third kappa shape index (κ3) is 2.54. The van der Waals surface area contributed by atoms with Crippen molar-refractivity contribution in [3.05, 3.63) is 34.9 Å². The van der Waals surface area contributed by atoms with Gasteiger partial charge in [-0.1, -0.05) is 18.2 Å². The Hall–Kier alpha value is -0.860. The van der Waals surface area contributed by atoms with Crippen LogP contribution in [-0.2, 0) is 12.8 Å². The molecule has 0 unspecified atom stereocenters. The minimum Gasteiger partial charge on any atom is -0.396 e. The molecule has 0 heterocycles. The van der Waals surface area contributed by atoms with Crippen LogP contribution >= 0.6 is 0 Å². The second-order valence-corrected chi connectivity index (χ2v) is 3.15. The topological polar surface area (TPSA) is 40.5 Å². The maximum absolute atomic E-state index is 8.82. The van der Waals surface area contributed by atoms with E-state index in [1.807, 2.05) is 25.1 Å². The number of aliphatic hydroxyl groups is 2. The van der Waals surface area contributed by atoms with Crippen molar-refractivity contribution in [3.8, 4) is 0 Å². The molecule has 0 saturated carbocycles. The third-order valence-electron chi connectivity index (χ3n) is 2.32. The second-order valence-electron chi connectivity index (χ2n) is 3.15. The van der Waals surface area contributed by atoms with Crippen LogP contribution in [0, 0.1) is 6.92 Å². The van der Waals surface area contributed by atoms with Crippen molar-refractivity contribution in [2.75, 3.05) is 13.2 Å². The van der Waals surface area contributed by atoms with Gasteiger partial charge >= 0.3 is 0 Å². The highest BCUT2D eigenvalue weighted by molar-refractivity contribution is 5.34. The van der Waals surface area contributed by atoms with Crippen LogP contribution < -0.4 is 0 Å².